The zero-order valence-electron chi connectivity index (χ0n) is 11.6. The summed E-state index contributed by atoms with van der Waals surface area (Å²) in [4.78, 5) is 21.3. The van der Waals surface area contributed by atoms with Gasteiger partial charge >= 0.3 is 5.97 Å². The molecule has 0 aliphatic heterocycles. The number of carboxylic acid groups (broad SMARTS) is 1. The molecule has 0 bridgehead atoms. The van der Waals surface area contributed by atoms with Gasteiger partial charge < -0.3 is 10.4 Å². The van der Waals surface area contributed by atoms with Crippen LogP contribution in [0.1, 0.15) is 33.3 Å². The topological polar surface area (TPSA) is 79.5 Å². The molecular weight excluding hydrogens is 288 g/mol. The molecule has 0 saturated carbocycles. The van der Waals surface area contributed by atoms with Crippen LogP contribution in [0.5, 0.6) is 0 Å². The molecule has 0 aliphatic carbocycles. The van der Waals surface area contributed by atoms with Crippen LogP contribution in [0.15, 0.2) is 30.6 Å². The lowest BCUT2D eigenvalue weighted by Crippen LogP contribution is -2.11. The third kappa shape index (κ3) is 2.47. The van der Waals surface area contributed by atoms with Gasteiger partial charge in [-0.2, -0.15) is 0 Å². The molecule has 3 rings (SSSR count). The van der Waals surface area contributed by atoms with Crippen molar-refractivity contribution in [3.05, 3.63) is 46.2 Å². The number of aromatic nitrogens is 3. The number of hydrogen-bond donors (Lipinski definition) is 2. The van der Waals surface area contributed by atoms with Gasteiger partial charge in [-0.15, -0.1) is 11.3 Å². The Balaban J connectivity index is 2.00. The second-order valence-corrected chi connectivity index (χ2v) is 5.98. The van der Waals surface area contributed by atoms with Gasteiger partial charge in [-0.1, -0.05) is 6.07 Å². The number of carboxylic acids is 1. The lowest BCUT2D eigenvalue weighted by Gasteiger charge is -2.10. The third-order valence-electron chi connectivity index (χ3n) is 3.10. The molecule has 6 nitrogen and oxygen atoms in total. The van der Waals surface area contributed by atoms with Crippen LogP contribution in [0.4, 0.5) is 5.82 Å². The van der Waals surface area contributed by atoms with E-state index in [4.69, 9.17) is 0 Å². The van der Waals surface area contributed by atoms with Crippen molar-refractivity contribution in [1.29, 1.82) is 0 Å². The summed E-state index contributed by atoms with van der Waals surface area (Å²) in [6.07, 6.45) is 3.50. The first-order valence-electron chi connectivity index (χ1n) is 6.45. The number of rotatable bonds is 4. The largest absolute Gasteiger partial charge is 0.476 e. The summed E-state index contributed by atoms with van der Waals surface area (Å²) in [5, 5.41) is 13.5. The number of thiazole rings is 1. The van der Waals surface area contributed by atoms with Crippen LogP contribution in [-0.4, -0.2) is 25.4 Å². The van der Waals surface area contributed by atoms with E-state index >= 15 is 0 Å². The van der Waals surface area contributed by atoms with Crippen molar-refractivity contribution >= 4 is 28.8 Å². The number of aryl methyl sites for hydroxylation is 1. The van der Waals surface area contributed by atoms with Gasteiger partial charge in [0, 0.05) is 17.3 Å². The second kappa shape index (κ2) is 5.17. The van der Waals surface area contributed by atoms with Gasteiger partial charge in [0.05, 0.1) is 6.04 Å². The number of imidazole rings is 1. The number of pyridine rings is 1. The number of anilines is 1. The molecule has 1 atom stereocenters. The normalized spacial score (nSPS) is 12.5. The number of hydrogen-bond acceptors (Lipinski definition) is 5. The number of fused-ring (bicyclic) bond motifs is 1. The lowest BCUT2D eigenvalue weighted by molar-refractivity contribution is 0.0690. The highest BCUT2D eigenvalue weighted by Gasteiger charge is 2.20. The molecule has 3 aromatic heterocycles. The number of nitrogens with zero attached hydrogens (tertiary/aromatic N) is 3. The zero-order valence-corrected chi connectivity index (χ0v) is 12.4. The molecule has 21 heavy (non-hydrogen) atoms. The molecule has 0 saturated heterocycles. The van der Waals surface area contributed by atoms with E-state index in [1.165, 1.54) is 0 Å². The van der Waals surface area contributed by atoms with Crippen molar-refractivity contribution in [3.63, 3.8) is 0 Å². The Labute approximate surface area is 125 Å². The molecule has 1 unspecified atom stereocenters. The van der Waals surface area contributed by atoms with Crippen molar-refractivity contribution in [2.45, 2.75) is 19.9 Å². The smallest absolute Gasteiger partial charge is 0.356 e. The summed E-state index contributed by atoms with van der Waals surface area (Å²) < 4.78 is 1.56. The summed E-state index contributed by atoms with van der Waals surface area (Å²) in [5.41, 5.74) is 0.727. The van der Waals surface area contributed by atoms with Crippen LogP contribution in [0.2, 0.25) is 0 Å². The molecular formula is C14H14N4O2S. The van der Waals surface area contributed by atoms with Crippen molar-refractivity contribution in [2.75, 3.05) is 5.32 Å². The minimum absolute atomic E-state index is 0.105. The quantitative estimate of drug-likeness (QED) is 0.774. The van der Waals surface area contributed by atoms with Gasteiger partial charge in [-0.3, -0.25) is 4.40 Å². The van der Waals surface area contributed by atoms with Gasteiger partial charge in [0.2, 0.25) is 0 Å². The first kappa shape index (κ1) is 13.6. The molecule has 0 aromatic carbocycles. The first-order valence-corrected chi connectivity index (χ1v) is 7.27. The average Bonchev–Trinajstić information content (AvgIpc) is 3.01. The monoisotopic (exact) mass is 302 g/mol. The Hall–Kier alpha value is -2.41. The van der Waals surface area contributed by atoms with Gasteiger partial charge in [0.1, 0.15) is 10.7 Å². The van der Waals surface area contributed by atoms with E-state index in [1.54, 1.807) is 40.3 Å². The zero-order chi connectivity index (χ0) is 15.0. The van der Waals surface area contributed by atoms with Crippen molar-refractivity contribution in [3.8, 4) is 0 Å². The molecule has 7 heteroatoms. The van der Waals surface area contributed by atoms with Crippen LogP contribution < -0.4 is 5.32 Å². The van der Waals surface area contributed by atoms with Gasteiger partial charge in [-0.05, 0) is 26.0 Å². The van der Waals surface area contributed by atoms with Gasteiger partial charge in [0.25, 0.3) is 0 Å². The summed E-state index contributed by atoms with van der Waals surface area (Å²) in [6.45, 7) is 3.93. The highest BCUT2D eigenvalue weighted by atomic mass is 32.1. The first-order chi connectivity index (χ1) is 10.1. The Bertz CT molecular complexity index is 808. The Morgan fingerprint density at radius 2 is 2.29 bits per heavy atom. The SMILES string of the molecule is Cc1cnc(C(C)Nc2nc3ccccn3c2C(=O)O)s1. The molecule has 0 spiro atoms. The fourth-order valence-corrected chi connectivity index (χ4v) is 2.92. The molecule has 0 fully saturated rings. The summed E-state index contributed by atoms with van der Waals surface area (Å²) in [5.74, 6) is -0.659. The predicted octanol–water partition coefficient (Wildman–Crippen LogP) is 2.97. The minimum atomic E-state index is -1.02. The van der Waals surface area contributed by atoms with E-state index < -0.39 is 5.97 Å². The van der Waals surface area contributed by atoms with Crippen LogP contribution >= 0.6 is 11.3 Å². The van der Waals surface area contributed by atoms with E-state index in [1.807, 2.05) is 19.9 Å². The maximum atomic E-state index is 11.5. The van der Waals surface area contributed by atoms with Crippen LogP contribution in [0.25, 0.3) is 5.65 Å². The molecule has 3 heterocycles. The van der Waals surface area contributed by atoms with Crippen molar-refractivity contribution in [1.82, 2.24) is 14.4 Å². The third-order valence-corrected chi connectivity index (χ3v) is 4.19. The Morgan fingerprint density at radius 1 is 1.48 bits per heavy atom. The van der Waals surface area contributed by atoms with E-state index in [-0.39, 0.29) is 11.7 Å². The second-order valence-electron chi connectivity index (χ2n) is 4.72. The van der Waals surface area contributed by atoms with Crippen molar-refractivity contribution < 1.29 is 9.90 Å². The molecule has 108 valence electrons. The van der Waals surface area contributed by atoms with E-state index in [2.05, 4.69) is 15.3 Å². The molecule has 3 aromatic rings. The average molecular weight is 302 g/mol. The van der Waals surface area contributed by atoms with Gasteiger partial charge in [0.15, 0.2) is 11.5 Å². The molecule has 0 aliphatic rings. The molecule has 0 amide bonds. The maximum Gasteiger partial charge on any atom is 0.356 e. The standard InChI is InChI=1S/C14H14N4O2S/c1-8-7-15-13(21-8)9(2)16-12-11(14(19)20)18-6-4-3-5-10(18)17-12/h3-7,9,16H,1-2H3,(H,19,20). The number of nitrogens with one attached hydrogen (secondary N) is 1. The van der Waals surface area contributed by atoms with E-state index in [0.717, 1.165) is 9.88 Å². The summed E-state index contributed by atoms with van der Waals surface area (Å²) in [6, 6.07) is 5.27. The molecule has 2 N–H and O–H groups in total. The summed E-state index contributed by atoms with van der Waals surface area (Å²) >= 11 is 1.58. The maximum absolute atomic E-state index is 11.5. The predicted molar refractivity (Wildman–Crippen MR) is 81.0 cm³/mol. The minimum Gasteiger partial charge on any atom is -0.476 e. The van der Waals surface area contributed by atoms with Crippen LogP contribution in [0, 0.1) is 6.92 Å². The summed E-state index contributed by atoms with van der Waals surface area (Å²) in [7, 11) is 0. The van der Waals surface area contributed by atoms with E-state index in [0.29, 0.717) is 11.5 Å². The Morgan fingerprint density at radius 3 is 2.95 bits per heavy atom. The van der Waals surface area contributed by atoms with Gasteiger partial charge in [-0.25, -0.2) is 14.8 Å². The number of aromatic carboxylic acids is 1. The van der Waals surface area contributed by atoms with E-state index in [9.17, 15) is 9.90 Å². The lowest BCUT2D eigenvalue weighted by atomic mass is 10.3. The highest BCUT2D eigenvalue weighted by Crippen LogP contribution is 2.25. The molecule has 0 radical (unpaired) electrons. The van der Waals surface area contributed by atoms with Crippen LogP contribution in [-0.2, 0) is 0 Å². The van der Waals surface area contributed by atoms with Crippen molar-refractivity contribution in [2.24, 2.45) is 0 Å². The number of carbonyl (C=O) groups is 1. The highest BCUT2D eigenvalue weighted by molar-refractivity contribution is 7.11. The van der Waals surface area contributed by atoms with Crippen LogP contribution in [0.3, 0.4) is 0 Å². The Kier molecular flexibility index (Phi) is 3.34. The fraction of sp³-hybridized carbons (Fsp3) is 0.214. The fourth-order valence-electron chi connectivity index (χ4n) is 2.14.